The Kier molecular flexibility index (Phi) is 4.60. The number of rotatable bonds is 3. The van der Waals surface area contributed by atoms with Crippen LogP contribution in [0.25, 0.3) is 0 Å². The van der Waals surface area contributed by atoms with Gasteiger partial charge in [-0.3, -0.25) is 4.79 Å². The smallest absolute Gasteiger partial charge is 0.245 e. The summed E-state index contributed by atoms with van der Waals surface area (Å²) in [6.45, 7) is 2.85. The average Bonchev–Trinajstić information content (AvgIpc) is 2.42. The van der Waals surface area contributed by atoms with Crippen LogP contribution in [0.1, 0.15) is 18.4 Å². The molecule has 1 heterocycles. The summed E-state index contributed by atoms with van der Waals surface area (Å²) in [6.07, 6.45) is 1.68. The average molecular weight is 331 g/mol. The van der Waals surface area contributed by atoms with Gasteiger partial charge < -0.3 is 10.6 Å². The largest absolute Gasteiger partial charge is 0.324 e. The Morgan fingerprint density at radius 3 is 2.52 bits per heavy atom. The maximum Gasteiger partial charge on any atom is 0.245 e. The lowest BCUT2D eigenvalue weighted by molar-refractivity contribution is -0.119. The Labute approximate surface area is 130 Å². The fraction of sp³-hybridized carbons (Fsp3) is 0.500. The molecule has 21 heavy (non-hydrogen) atoms. The number of benzene rings is 1. The van der Waals surface area contributed by atoms with Crippen molar-refractivity contribution in [1.82, 2.24) is 5.32 Å². The predicted molar refractivity (Wildman–Crippen MR) is 84.5 cm³/mol. The number of sulfone groups is 1. The van der Waals surface area contributed by atoms with Gasteiger partial charge in [-0.25, -0.2) is 8.42 Å². The van der Waals surface area contributed by atoms with E-state index in [1.54, 1.807) is 18.2 Å². The van der Waals surface area contributed by atoms with E-state index in [0.717, 1.165) is 11.8 Å². The fourth-order valence-corrected chi connectivity index (χ4v) is 4.07. The number of nitrogens with one attached hydrogen (secondary N) is 2. The zero-order valence-corrected chi connectivity index (χ0v) is 13.6. The van der Waals surface area contributed by atoms with E-state index in [2.05, 4.69) is 10.6 Å². The number of hydrogen-bond acceptors (Lipinski definition) is 4. The van der Waals surface area contributed by atoms with Gasteiger partial charge in [-0.15, -0.1) is 0 Å². The lowest BCUT2D eigenvalue weighted by Crippen LogP contribution is -2.55. The molecule has 1 aliphatic heterocycles. The second-order valence-electron chi connectivity index (χ2n) is 5.43. The molecule has 1 aromatic carbocycles. The molecule has 0 spiro atoms. The molecule has 1 amide bonds. The topological polar surface area (TPSA) is 75.3 Å². The van der Waals surface area contributed by atoms with Crippen molar-refractivity contribution < 1.29 is 13.2 Å². The second-order valence-corrected chi connectivity index (χ2v) is 8.19. The van der Waals surface area contributed by atoms with Crippen LogP contribution >= 0.6 is 11.6 Å². The first-order chi connectivity index (χ1) is 9.76. The molecule has 1 saturated heterocycles. The maximum atomic E-state index is 12.6. The van der Waals surface area contributed by atoms with E-state index in [4.69, 9.17) is 11.6 Å². The van der Waals surface area contributed by atoms with Crippen molar-refractivity contribution >= 4 is 33.0 Å². The van der Waals surface area contributed by atoms with E-state index < -0.39 is 20.5 Å². The number of hydrogen-bond donors (Lipinski definition) is 2. The first-order valence-electron chi connectivity index (χ1n) is 6.74. The van der Waals surface area contributed by atoms with Crippen LogP contribution < -0.4 is 10.6 Å². The summed E-state index contributed by atoms with van der Waals surface area (Å²) in [5, 5.41) is 6.32. The summed E-state index contributed by atoms with van der Waals surface area (Å²) in [6, 6.07) is 5.14. The van der Waals surface area contributed by atoms with Crippen LogP contribution in [0.5, 0.6) is 0 Å². The third kappa shape index (κ3) is 3.22. The number of amides is 1. The Bertz CT molecular complexity index is 652. The molecule has 0 bridgehead atoms. The van der Waals surface area contributed by atoms with E-state index in [-0.39, 0.29) is 12.8 Å². The van der Waals surface area contributed by atoms with E-state index in [1.165, 1.54) is 0 Å². The van der Waals surface area contributed by atoms with E-state index in [9.17, 15) is 13.2 Å². The van der Waals surface area contributed by atoms with Crippen LogP contribution in [0.15, 0.2) is 18.2 Å². The maximum absolute atomic E-state index is 12.6. The Morgan fingerprint density at radius 2 is 1.95 bits per heavy atom. The van der Waals surface area contributed by atoms with Gasteiger partial charge in [0.1, 0.15) is 0 Å². The minimum atomic E-state index is -3.51. The van der Waals surface area contributed by atoms with Crippen LogP contribution in [0.4, 0.5) is 5.69 Å². The monoisotopic (exact) mass is 330 g/mol. The molecule has 0 aromatic heterocycles. The highest BCUT2D eigenvalue weighted by Gasteiger charge is 2.48. The SMILES string of the molecule is Cc1ccc(Cl)cc1NC(=O)C1(S(C)(=O)=O)CCNCC1. The number of piperidine rings is 1. The molecule has 0 atom stereocenters. The first kappa shape index (κ1) is 16.3. The Balaban J connectivity index is 2.34. The van der Waals surface area contributed by atoms with Gasteiger partial charge in [-0.05, 0) is 50.6 Å². The zero-order valence-electron chi connectivity index (χ0n) is 12.1. The lowest BCUT2D eigenvalue weighted by atomic mass is 9.95. The van der Waals surface area contributed by atoms with Gasteiger partial charge >= 0.3 is 0 Å². The van der Waals surface area contributed by atoms with Crippen LogP contribution in [0.2, 0.25) is 5.02 Å². The molecule has 1 aromatic rings. The second kappa shape index (κ2) is 5.94. The molecule has 0 saturated carbocycles. The highest BCUT2D eigenvalue weighted by Crippen LogP contribution is 2.30. The van der Waals surface area contributed by atoms with Crippen molar-refractivity contribution in [3.05, 3.63) is 28.8 Å². The third-order valence-corrected chi connectivity index (χ3v) is 6.23. The van der Waals surface area contributed by atoms with Crippen molar-refractivity contribution in [2.45, 2.75) is 24.5 Å². The van der Waals surface area contributed by atoms with Crippen molar-refractivity contribution in [3.8, 4) is 0 Å². The highest BCUT2D eigenvalue weighted by molar-refractivity contribution is 7.92. The molecule has 7 heteroatoms. The minimum absolute atomic E-state index is 0.275. The summed E-state index contributed by atoms with van der Waals surface area (Å²) in [7, 11) is -3.51. The van der Waals surface area contributed by atoms with Crippen molar-refractivity contribution in [2.24, 2.45) is 0 Å². The number of carbonyl (C=O) groups excluding carboxylic acids is 1. The standard InChI is InChI=1S/C14H19ClN2O3S/c1-10-3-4-11(15)9-12(10)17-13(18)14(21(2,19)20)5-7-16-8-6-14/h3-4,9,16H,5-8H2,1-2H3,(H,17,18). The van der Waals surface area contributed by atoms with Gasteiger partial charge in [0, 0.05) is 17.0 Å². The van der Waals surface area contributed by atoms with Gasteiger partial charge in [0.05, 0.1) is 0 Å². The van der Waals surface area contributed by atoms with Gasteiger partial charge in [-0.2, -0.15) is 0 Å². The number of halogens is 1. The molecule has 1 aliphatic rings. The van der Waals surface area contributed by atoms with Crippen LogP contribution in [-0.4, -0.2) is 38.4 Å². The molecule has 2 N–H and O–H groups in total. The van der Waals surface area contributed by atoms with Crippen molar-refractivity contribution in [2.75, 3.05) is 24.7 Å². The minimum Gasteiger partial charge on any atom is -0.324 e. The Morgan fingerprint density at radius 1 is 1.33 bits per heavy atom. The van der Waals surface area contributed by atoms with Gasteiger partial charge in [0.25, 0.3) is 0 Å². The summed E-state index contributed by atoms with van der Waals surface area (Å²) in [4.78, 5) is 12.6. The number of anilines is 1. The predicted octanol–water partition coefficient (Wildman–Crippen LogP) is 1.75. The lowest BCUT2D eigenvalue weighted by Gasteiger charge is -2.34. The van der Waals surface area contributed by atoms with Crippen molar-refractivity contribution in [1.29, 1.82) is 0 Å². The molecule has 1 fully saturated rings. The molecular formula is C14H19ClN2O3S. The van der Waals surface area contributed by atoms with Gasteiger partial charge in [-0.1, -0.05) is 17.7 Å². The van der Waals surface area contributed by atoms with Crippen LogP contribution in [0.3, 0.4) is 0 Å². The molecule has 0 unspecified atom stereocenters. The quantitative estimate of drug-likeness (QED) is 0.885. The summed E-state index contributed by atoms with van der Waals surface area (Å²) < 4.78 is 23.0. The molecule has 116 valence electrons. The molecule has 0 radical (unpaired) electrons. The van der Waals surface area contributed by atoms with Crippen LogP contribution in [-0.2, 0) is 14.6 Å². The molecule has 2 rings (SSSR count). The van der Waals surface area contributed by atoms with Gasteiger partial charge in [0.15, 0.2) is 14.6 Å². The zero-order chi connectivity index (χ0) is 15.7. The number of aryl methyl sites for hydroxylation is 1. The summed E-state index contributed by atoms with van der Waals surface area (Å²) in [5.74, 6) is -0.475. The van der Waals surface area contributed by atoms with Crippen LogP contribution in [0, 0.1) is 6.92 Å². The third-order valence-electron chi connectivity index (χ3n) is 3.98. The van der Waals surface area contributed by atoms with E-state index >= 15 is 0 Å². The van der Waals surface area contributed by atoms with E-state index in [1.807, 2.05) is 6.92 Å². The fourth-order valence-electron chi connectivity index (χ4n) is 2.56. The molecule has 0 aliphatic carbocycles. The summed E-state index contributed by atoms with van der Waals surface area (Å²) in [5.41, 5.74) is 1.39. The Hall–Kier alpha value is -1.11. The molecule has 5 nitrogen and oxygen atoms in total. The first-order valence-corrected chi connectivity index (χ1v) is 9.01. The van der Waals surface area contributed by atoms with Gasteiger partial charge in [0.2, 0.25) is 5.91 Å². The van der Waals surface area contributed by atoms with E-state index in [0.29, 0.717) is 23.8 Å². The molecular weight excluding hydrogens is 312 g/mol. The number of carbonyl (C=O) groups is 1. The van der Waals surface area contributed by atoms with Crippen molar-refractivity contribution in [3.63, 3.8) is 0 Å². The normalized spacial score (nSPS) is 18.2. The highest BCUT2D eigenvalue weighted by atomic mass is 35.5. The summed E-state index contributed by atoms with van der Waals surface area (Å²) >= 11 is 5.93.